The first-order valence-electron chi connectivity index (χ1n) is 9.17. The van der Waals surface area contributed by atoms with Crippen molar-refractivity contribution in [2.75, 3.05) is 0 Å². The lowest BCUT2D eigenvalue weighted by molar-refractivity contribution is 0.0696. The molecule has 0 saturated heterocycles. The number of aryl methyl sites for hydroxylation is 1. The Bertz CT molecular complexity index is 894. The van der Waals surface area contributed by atoms with Crippen LogP contribution in [0.2, 0.25) is 0 Å². The van der Waals surface area contributed by atoms with Gasteiger partial charge in [-0.25, -0.2) is 4.79 Å². The van der Waals surface area contributed by atoms with Crippen LogP contribution in [0.4, 0.5) is 0 Å². The summed E-state index contributed by atoms with van der Waals surface area (Å²) in [5.74, 6) is -0.406. The summed E-state index contributed by atoms with van der Waals surface area (Å²) >= 11 is 0. The van der Waals surface area contributed by atoms with Crippen LogP contribution in [-0.2, 0) is 10.8 Å². The third kappa shape index (κ3) is 3.23. The number of carboxylic acid groups (broad SMARTS) is 1. The minimum Gasteiger partial charge on any atom is -0.478 e. The molecule has 0 amide bonds. The third-order valence-electron chi connectivity index (χ3n) is 5.85. The van der Waals surface area contributed by atoms with Crippen LogP contribution in [0.15, 0.2) is 28.9 Å². The van der Waals surface area contributed by atoms with Gasteiger partial charge in [0.25, 0.3) is 0 Å². The summed E-state index contributed by atoms with van der Waals surface area (Å²) in [6.45, 7) is 13.5. The highest BCUT2D eigenvalue weighted by atomic mass is 16.4. The Labute approximate surface area is 155 Å². The fourth-order valence-electron chi connectivity index (χ4n) is 3.98. The van der Waals surface area contributed by atoms with Crippen LogP contribution in [0, 0.1) is 6.92 Å². The minimum absolute atomic E-state index is 0.161. The molecule has 0 spiro atoms. The molecule has 0 fully saturated rings. The Balaban J connectivity index is 2.08. The molecular weight excluding hydrogens is 324 g/mol. The SMILES string of the molecule is C/C(=C\c1cc(C(=O)O)co1)c1cc2c(cc1C)C(C)(C)CCC2(C)C. The van der Waals surface area contributed by atoms with Crippen molar-refractivity contribution < 1.29 is 14.3 Å². The normalized spacial score (nSPS) is 18.5. The van der Waals surface area contributed by atoms with E-state index in [0.29, 0.717) is 5.76 Å². The van der Waals surface area contributed by atoms with Crippen molar-refractivity contribution >= 4 is 17.6 Å². The molecule has 0 atom stereocenters. The highest BCUT2D eigenvalue weighted by molar-refractivity contribution is 5.89. The lowest BCUT2D eigenvalue weighted by atomic mass is 9.62. The predicted octanol–water partition coefficient (Wildman–Crippen LogP) is 6.20. The molecule has 0 saturated carbocycles. The van der Waals surface area contributed by atoms with Crippen LogP contribution >= 0.6 is 0 Å². The number of benzene rings is 1. The van der Waals surface area contributed by atoms with E-state index in [9.17, 15) is 4.79 Å². The second-order valence-corrected chi connectivity index (χ2v) is 8.85. The molecule has 1 heterocycles. The first-order valence-corrected chi connectivity index (χ1v) is 9.17. The lowest BCUT2D eigenvalue weighted by Crippen LogP contribution is -2.34. The number of hydrogen-bond donors (Lipinski definition) is 1. The van der Waals surface area contributed by atoms with Gasteiger partial charge in [-0.3, -0.25) is 0 Å². The zero-order chi connectivity index (χ0) is 19.3. The van der Waals surface area contributed by atoms with E-state index >= 15 is 0 Å². The highest BCUT2D eigenvalue weighted by Gasteiger charge is 2.37. The number of hydrogen-bond acceptors (Lipinski definition) is 2. The van der Waals surface area contributed by atoms with Gasteiger partial charge in [0, 0.05) is 0 Å². The molecule has 0 aliphatic heterocycles. The van der Waals surface area contributed by atoms with E-state index in [4.69, 9.17) is 9.52 Å². The van der Waals surface area contributed by atoms with E-state index in [1.807, 2.05) is 6.08 Å². The molecule has 1 aliphatic carbocycles. The zero-order valence-electron chi connectivity index (χ0n) is 16.6. The summed E-state index contributed by atoms with van der Waals surface area (Å²) in [6.07, 6.45) is 5.58. The molecule has 3 nitrogen and oxygen atoms in total. The molecule has 3 rings (SSSR count). The largest absolute Gasteiger partial charge is 0.478 e. The van der Waals surface area contributed by atoms with E-state index in [0.717, 1.165) is 5.57 Å². The van der Waals surface area contributed by atoms with Gasteiger partial charge in [0.15, 0.2) is 0 Å². The maximum absolute atomic E-state index is 11.0. The van der Waals surface area contributed by atoms with Gasteiger partial charge >= 0.3 is 5.97 Å². The van der Waals surface area contributed by atoms with E-state index in [1.165, 1.54) is 41.4 Å². The molecule has 2 aromatic rings. The number of aromatic carboxylic acids is 1. The smallest absolute Gasteiger partial charge is 0.338 e. The van der Waals surface area contributed by atoms with Crippen LogP contribution in [0.1, 0.15) is 85.8 Å². The minimum atomic E-state index is -0.972. The number of rotatable bonds is 3. The first-order chi connectivity index (χ1) is 12.0. The Morgan fingerprint density at radius 3 is 2.19 bits per heavy atom. The summed E-state index contributed by atoms with van der Waals surface area (Å²) in [4.78, 5) is 11.0. The second-order valence-electron chi connectivity index (χ2n) is 8.85. The van der Waals surface area contributed by atoms with Gasteiger partial charge < -0.3 is 9.52 Å². The average Bonchev–Trinajstić information content (AvgIpc) is 3.00. The third-order valence-corrected chi connectivity index (χ3v) is 5.85. The number of carboxylic acids is 1. The van der Waals surface area contributed by atoms with Crippen LogP contribution in [0.25, 0.3) is 11.6 Å². The Morgan fingerprint density at radius 2 is 1.65 bits per heavy atom. The summed E-state index contributed by atoms with van der Waals surface area (Å²) in [5, 5.41) is 9.05. The molecule has 1 aliphatic rings. The van der Waals surface area contributed by atoms with Crippen molar-refractivity contribution in [2.45, 2.75) is 65.2 Å². The summed E-state index contributed by atoms with van der Waals surface area (Å²) < 4.78 is 5.39. The van der Waals surface area contributed by atoms with Gasteiger partial charge in [0.05, 0.1) is 5.56 Å². The van der Waals surface area contributed by atoms with Crippen molar-refractivity contribution in [3.05, 3.63) is 58.0 Å². The number of fused-ring (bicyclic) bond motifs is 1. The highest BCUT2D eigenvalue weighted by Crippen LogP contribution is 2.47. The fourth-order valence-corrected chi connectivity index (χ4v) is 3.98. The van der Waals surface area contributed by atoms with E-state index in [1.54, 1.807) is 6.07 Å². The molecule has 0 unspecified atom stereocenters. The quantitative estimate of drug-likeness (QED) is 0.716. The summed E-state index contributed by atoms with van der Waals surface area (Å²) in [7, 11) is 0. The monoisotopic (exact) mass is 352 g/mol. The lowest BCUT2D eigenvalue weighted by Gasteiger charge is -2.42. The van der Waals surface area contributed by atoms with Gasteiger partial charge in [-0.2, -0.15) is 0 Å². The van der Waals surface area contributed by atoms with Crippen molar-refractivity contribution in [1.82, 2.24) is 0 Å². The molecule has 3 heteroatoms. The van der Waals surface area contributed by atoms with Gasteiger partial charge in [-0.15, -0.1) is 0 Å². The molecule has 26 heavy (non-hydrogen) atoms. The summed E-state index contributed by atoms with van der Waals surface area (Å²) in [5.41, 5.74) is 6.93. The van der Waals surface area contributed by atoms with E-state index in [-0.39, 0.29) is 16.4 Å². The molecule has 138 valence electrons. The van der Waals surface area contributed by atoms with Gasteiger partial charge in [0.2, 0.25) is 0 Å². The van der Waals surface area contributed by atoms with Crippen molar-refractivity contribution in [3.8, 4) is 0 Å². The van der Waals surface area contributed by atoms with Crippen molar-refractivity contribution in [2.24, 2.45) is 0 Å². The number of furan rings is 1. The molecule has 0 radical (unpaired) electrons. The number of carbonyl (C=O) groups is 1. The van der Waals surface area contributed by atoms with Crippen LogP contribution in [-0.4, -0.2) is 11.1 Å². The van der Waals surface area contributed by atoms with Crippen LogP contribution in [0.3, 0.4) is 0 Å². The Morgan fingerprint density at radius 1 is 1.08 bits per heavy atom. The maximum Gasteiger partial charge on any atom is 0.338 e. The summed E-state index contributed by atoms with van der Waals surface area (Å²) in [6, 6.07) is 6.23. The van der Waals surface area contributed by atoms with Crippen molar-refractivity contribution in [3.63, 3.8) is 0 Å². The first kappa shape index (κ1) is 18.5. The van der Waals surface area contributed by atoms with E-state index < -0.39 is 5.97 Å². The molecule has 1 aromatic carbocycles. The van der Waals surface area contributed by atoms with Crippen LogP contribution < -0.4 is 0 Å². The van der Waals surface area contributed by atoms with Crippen molar-refractivity contribution in [1.29, 1.82) is 0 Å². The fraction of sp³-hybridized carbons (Fsp3) is 0.435. The van der Waals surface area contributed by atoms with Gasteiger partial charge in [-0.1, -0.05) is 39.8 Å². The Kier molecular flexibility index (Phi) is 4.38. The Hall–Kier alpha value is -2.29. The van der Waals surface area contributed by atoms with Gasteiger partial charge in [-0.05, 0) is 77.5 Å². The maximum atomic E-state index is 11.0. The zero-order valence-corrected chi connectivity index (χ0v) is 16.6. The predicted molar refractivity (Wildman–Crippen MR) is 106 cm³/mol. The molecular formula is C23H28O3. The van der Waals surface area contributed by atoms with Crippen LogP contribution in [0.5, 0.6) is 0 Å². The number of allylic oxidation sites excluding steroid dienone is 1. The second kappa shape index (κ2) is 6.15. The molecule has 1 N–H and O–H groups in total. The topological polar surface area (TPSA) is 50.4 Å². The molecule has 0 bridgehead atoms. The standard InChI is InChI=1S/C23H28O3/c1-14(9-17-11-16(13-26-17)21(24)25)18-12-20-19(10-15(18)2)22(3,4)7-8-23(20,5)6/h9-13H,7-8H2,1-6H3,(H,24,25)/b14-9+. The van der Waals surface area contributed by atoms with E-state index in [2.05, 4.69) is 53.7 Å². The average molecular weight is 352 g/mol. The molecule has 1 aromatic heterocycles. The van der Waals surface area contributed by atoms with Gasteiger partial charge in [0.1, 0.15) is 12.0 Å².